The molecule has 0 radical (unpaired) electrons. The lowest BCUT2D eigenvalue weighted by Crippen LogP contribution is -2.27. The molecule has 4 rings (SSSR count). The number of aromatic amines is 1. The molecule has 1 aliphatic rings. The molecule has 0 aliphatic heterocycles. The fourth-order valence-corrected chi connectivity index (χ4v) is 3.31. The summed E-state index contributed by atoms with van der Waals surface area (Å²) in [6, 6.07) is 15.0. The number of anilines is 1. The number of amides is 1. The normalized spacial score (nSPS) is 14.9. The molecule has 0 atom stereocenters. The van der Waals surface area contributed by atoms with Gasteiger partial charge in [0.05, 0.1) is 5.41 Å². The van der Waals surface area contributed by atoms with Gasteiger partial charge in [0.25, 0.3) is 0 Å². The Morgan fingerprint density at radius 3 is 2.68 bits per heavy atom. The molecule has 1 saturated carbocycles. The second-order valence-corrected chi connectivity index (χ2v) is 6.99. The third-order valence-electron chi connectivity index (χ3n) is 4.40. The minimum atomic E-state index is -0.615. The molecule has 0 spiro atoms. The van der Waals surface area contributed by atoms with Crippen LogP contribution >= 0.6 is 15.9 Å². The van der Waals surface area contributed by atoms with Crippen LogP contribution in [0.15, 0.2) is 62.3 Å². The summed E-state index contributed by atoms with van der Waals surface area (Å²) in [5, 5.41) is 6.64. The summed E-state index contributed by atoms with van der Waals surface area (Å²) in [7, 11) is 0. The molecule has 2 aromatic carbocycles. The summed E-state index contributed by atoms with van der Waals surface area (Å²) in [5.74, 6) is -0.318. The van der Waals surface area contributed by atoms with Gasteiger partial charge in [-0.1, -0.05) is 45.4 Å². The number of halogens is 1. The molecular formula is C18H14BrN3O3. The molecule has 1 fully saturated rings. The largest absolute Gasteiger partial charge is 0.439 e. The molecule has 2 N–H and O–H groups in total. The Hall–Kier alpha value is -2.67. The van der Waals surface area contributed by atoms with Crippen LogP contribution in [0.3, 0.4) is 0 Å². The first-order valence-electron chi connectivity index (χ1n) is 7.81. The van der Waals surface area contributed by atoms with Gasteiger partial charge in [-0.15, -0.1) is 0 Å². The minimum absolute atomic E-state index is 0.0311. The van der Waals surface area contributed by atoms with Crippen molar-refractivity contribution in [1.29, 1.82) is 0 Å². The summed E-state index contributed by atoms with van der Waals surface area (Å²) in [6.45, 7) is 0. The van der Waals surface area contributed by atoms with Crippen LogP contribution < -0.4 is 11.1 Å². The second-order valence-electron chi connectivity index (χ2n) is 6.07. The average Bonchev–Trinajstić information content (AvgIpc) is 3.31. The van der Waals surface area contributed by atoms with Gasteiger partial charge in [-0.25, -0.2) is 4.79 Å². The zero-order valence-electron chi connectivity index (χ0n) is 13.1. The first-order valence-corrected chi connectivity index (χ1v) is 8.60. The number of carbonyl (C=O) groups excluding carboxylic acids is 1. The summed E-state index contributed by atoms with van der Waals surface area (Å²) in [6.07, 6.45) is 1.65. The molecule has 1 aliphatic carbocycles. The quantitative estimate of drug-likeness (QED) is 0.702. The van der Waals surface area contributed by atoms with Gasteiger partial charge >= 0.3 is 5.76 Å². The molecule has 3 aromatic rings. The van der Waals surface area contributed by atoms with Crippen molar-refractivity contribution >= 4 is 27.5 Å². The first kappa shape index (κ1) is 15.8. The van der Waals surface area contributed by atoms with Crippen molar-refractivity contribution in [2.75, 3.05) is 5.32 Å². The second kappa shape index (κ2) is 6.00. The van der Waals surface area contributed by atoms with Crippen LogP contribution in [0.1, 0.15) is 18.4 Å². The smallest absolute Gasteiger partial charge is 0.325 e. The van der Waals surface area contributed by atoms with E-state index in [0.29, 0.717) is 17.1 Å². The van der Waals surface area contributed by atoms with Crippen molar-refractivity contribution in [2.45, 2.75) is 18.3 Å². The van der Waals surface area contributed by atoms with Crippen molar-refractivity contribution in [3.63, 3.8) is 0 Å². The SMILES string of the molecule is O=C(Nc1cccc(-c2noc(=O)[nH]2)c1)C1(c2cccc(Br)c2)CC1. The van der Waals surface area contributed by atoms with Gasteiger partial charge in [0, 0.05) is 15.7 Å². The van der Waals surface area contributed by atoms with Crippen molar-refractivity contribution in [2.24, 2.45) is 0 Å². The third kappa shape index (κ3) is 3.02. The van der Waals surface area contributed by atoms with Gasteiger partial charge in [0.2, 0.25) is 5.91 Å². The van der Waals surface area contributed by atoms with E-state index in [1.807, 2.05) is 24.3 Å². The van der Waals surface area contributed by atoms with E-state index in [4.69, 9.17) is 0 Å². The van der Waals surface area contributed by atoms with E-state index < -0.39 is 11.2 Å². The highest BCUT2D eigenvalue weighted by Gasteiger charge is 2.51. The van der Waals surface area contributed by atoms with Gasteiger partial charge in [0.15, 0.2) is 5.82 Å². The number of aromatic nitrogens is 2. The van der Waals surface area contributed by atoms with E-state index in [1.165, 1.54) is 0 Å². The molecule has 1 aromatic heterocycles. The first-order chi connectivity index (χ1) is 12.1. The molecule has 126 valence electrons. The summed E-state index contributed by atoms with van der Waals surface area (Å²) in [5.41, 5.74) is 1.85. The standard InChI is InChI=1S/C18H14BrN3O3/c19-13-5-2-4-12(10-13)18(7-8-18)16(23)20-14-6-1-3-11(9-14)15-21-17(24)25-22-15/h1-6,9-10H,7-8H2,(H,20,23)(H,21,22,24). The van der Waals surface area contributed by atoms with E-state index in [-0.39, 0.29) is 5.91 Å². The third-order valence-corrected chi connectivity index (χ3v) is 4.89. The van der Waals surface area contributed by atoms with Crippen LogP contribution in [0.25, 0.3) is 11.4 Å². The lowest BCUT2D eigenvalue weighted by atomic mass is 9.95. The fraction of sp³-hybridized carbons (Fsp3) is 0.167. The van der Waals surface area contributed by atoms with Crippen LogP contribution in [-0.4, -0.2) is 16.0 Å². The van der Waals surface area contributed by atoms with E-state index in [9.17, 15) is 9.59 Å². The van der Waals surface area contributed by atoms with E-state index in [1.54, 1.807) is 24.3 Å². The van der Waals surface area contributed by atoms with Gasteiger partial charge in [-0.3, -0.25) is 14.3 Å². The maximum absolute atomic E-state index is 12.8. The number of H-pyrrole nitrogens is 1. The molecule has 0 saturated heterocycles. The molecule has 7 heteroatoms. The molecule has 0 bridgehead atoms. The van der Waals surface area contributed by atoms with Crippen molar-refractivity contribution in [3.8, 4) is 11.4 Å². The fourth-order valence-electron chi connectivity index (χ4n) is 2.91. The number of carbonyl (C=O) groups is 1. The Morgan fingerprint density at radius 1 is 1.20 bits per heavy atom. The summed E-state index contributed by atoms with van der Waals surface area (Å²) in [4.78, 5) is 26.4. The predicted octanol–water partition coefficient (Wildman–Crippen LogP) is 3.46. The Morgan fingerprint density at radius 2 is 2.00 bits per heavy atom. The Balaban J connectivity index is 1.58. The average molecular weight is 400 g/mol. The van der Waals surface area contributed by atoms with E-state index >= 15 is 0 Å². The zero-order chi connectivity index (χ0) is 17.4. The Labute approximate surface area is 151 Å². The number of rotatable bonds is 4. The highest BCUT2D eigenvalue weighted by molar-refractivity contribution is 9.10. The van der Waals surface area contributed by atoms with Crippen molar-refractivity contribution < 1.29 is 9.32 Å². The number of nitrogens with one attached hydrogen (secondary N) is 2. The van der Waals surface area contributed by atoms with Gasteiger partial charge in [-0.05, 0) is 42.7 Å². The maximum Gasteiger partial charge on any atom is 0.439 e. The molecule has 1 heterocycles. The molecule has 0 unspecified atom stereocenters. The van der Waals surface area contributed by atoms with Crippen molar-refractivity contribution in [3.05, 3.63) is 69.1 Å². The minimum Gasteiger partial charge on any atom is -0.325 e. The molecule has 6 nitrogen and oxygen atoms in total. The number of nitrogens with zero attached hydrogens (tertiary/aromatic N) is 1. The summed E-state index contributed by atoms with van der Waals surface area (Å²) < 4.78 is 5.48. The van der Waals surface area contributed by atoms with Crippen molar-refractivity contribution in [1.82, 2.24) is 10.1 Å². The highest BCUT2D eigenvalue weighted by Crippen LogP contribution is 2.49. The van der Waals surface area contributed by atoms with E-state index in [0.717, 1.165) is 22.9 Å². The lowest BCUT2D eigenvalue weighted by Gasteiger charge is -2.16. The Kier molecular flexibility index (Phi) is 3.80. The number of benzene rings is 2. The topological polar surface area (TPSA) is 88.0 Å². The zero-order valence-corrected chi connectivity index (χ0v) is 14.7. The Bertz CT molecular complexity index is 1000. The molecule has 25 heavy (non-hydrogen) atoms. The molecular weight excluding hydrogens is 386 g/mol. The molecule has 1 amide bonds. The lowest BCUT2D eigenvalue weighted by molar-refractivity contribution is -0.118. The van der Waals surface area contributed by atoms with Crippen LogP contribution in [0, 0.1) is 0 Å². The van der Waals surface area contributed by atoms with Crippen LogP contribution in [0.4, 0.5) is 5.69 Å². The van der Waals surface area contributed by atoms with Crippen LogP contribution in [0.5, 0.6) is 0 Å². The van der Waals surface area contributed by atoms with E-state index in [2.05, 4.69) is 35.9 Å². The van der Waals surface area contributed by atoms with Crippen LogP contribution in [-0.2, 0) is 10.2 Å². The van der Waals surface area contributed by atoms with Crippen LogP contribution in [0.2, 0.25) is 0 Å². The summed E-state index contributed by atoms with van der Waals surface area (Å²) >= 11 is 3.46. The predicted molar refractivity (Wildman–Crippen MR) is 96.2 cm³/mol. The number of hydrogen-bond acceptors (Lipinski definition) is 4. The van der Waals surface area contributed by atoms with Gasteiger partial charge in [0.1, 0.15) is 0 Å². The van der Waals surface area contributed by atoms with Gasteiger partial charge < -0.3 is 5.32 Å². The number of hydrogen-bond donors (Lipinski definition) is 2. The van der Waals surface area contributed by atoms with Gasteiger partial charge in [-0.2, -0.15) is 0 Å². The highest BCUT2D eigenvalue weighted by atomic mass is 79.9. The maximum atomic E-state index is 12.8. The monoisotopic (exact) mass is 399 g/mol.